The highest BCUT2D eigenvalue weighted by Gasteiger charge is 2.41. The number of piperidine rings is 1. The van der Waals surface area contributed by atoms with Gasteiger partial charge in [-0.25, -0.2) is 0 Å². The molecule has 2 aliphatic rings. The Morgan fingerprint density at radius 3 is 2.81 bits per heavy atom. The zero-order valence-corrected chi connectivity index (χ0v) is 20.9. The van der Waals surface area contributed by atoms with Crippen LogP contribution in [0, 0.1) is 12.3 Å². The largest absolute Gasteiger partial charge is 0.489 e. The maximum Gasteiger partial charge on any atom is 0.255 e. The monoisotopic (exact) mass is 494 g/mol. The molecule has 36 heavy (non-hydrogen) atoms. The van der Waals surface area contributed by atoms with Crippen LogP contribution in [0.3, 0.4) is 0 Å². The molecule has 0 aliphatic carbocycles. The second kappa shape index (κ2) is 11.4. The molecule has 3 heterocycles. The van der Waals surface area contributed by atoms with Crippen LogP contribution in [0.15, 0.2) is 42.6 Å². The highest BCUT2D eigenvalue weighted by atomic mass is 16.5. The van der Waals surface area contributed by atoms with E-state index in [0.29, 0.717) is 49.7 Å². The number of para-hydroxylation sites is 1. The van der Waals surface area contributed by atoms with Gasteiger partial charge in [-0.15, -0.1) is 0 Å². The first kappa shape index (κ1) is 25.4. The first-order valence-corrected chi connectivity index (χ1v) is 12.3. The minimum absolute atomic E-state index is 0.0620. The number of amides is 3. The number of hydrogen-bond donors (Lipinski definition) is 3. The van der Waals surface area contributed by atoms with Gasteiger partial charge in [-0.1, -0.05) is 24.3 Å². The van der Waals surface area contributed by atoms with Crippen LogP contribution in [0.2, 0.25) is 0 Å². The summed E-state index contributed by atoms with van der Waals surface area (Å²) in [4.78, 5) is 40.7. The summed E-state index contributed by atoms with van der Waals surface area (Å²) in [6.07, 6.45) is 7.69. The fourth-order valence-corrected chi connectivity index (χ4v) is 4.85. The fraction of sp³-hybridized carbons (Fsp3) is 0.462. The summed E-state index contributed by atoms with van der Waals surface area (Å²) in [5.74, 6) is 0.0891. The maximum absolute atomic E-state index is 13.4. The number of aryl methyl sites for hydroxylation is 2. The van der Waals surface area contributed by atoms with Gasteiger partial charge in [0.15, 0.2) is 0 Å². The number of likely N-dealkylation sites (tertiary alicyclic amines) is 1. The smallest absolute Gasteiger partial charge is 0.255 e. The van der Waals surface area contributed by atoms with E-state index in [0.717, 1.165) is 25.1 Å². The van der Waals surface area contributed by atoms with Crippen molar-refractivity contribution in [2.45, 2.75) is 26.2 Å². The summed E-state index contributed by atoms with van der Waals surface area (Å²) in [6.45, 7) is 4.18. The van der Waals surface area contributed by atoms with Gasteiger partial charge in [-0.3, -0.25) is 24.0 Å². The van der Waals surface area contributed by atoms with Crippen molar-refractivity contribution < 1.29 is 19.1 Å². The molecule has 1 aromatic heterocycles. The molecule has 2 aliphatic heterocycles. The van der Waals surface area contributed by atoms with Gasteiger partial charge >= 0.3 is 0 Å². The van der Waals surface area contributed by atoms with Crippen LogP contribution < -0.4 is 20.7 Å². The Balaban J connectivity index is 1.44. The normalized spacial score (nSPS) is 22.5. The predicted molar refractivity (Wildman–Crippen MR) is 136 cm³/mol. The summed E-state index contributed by atoms with van der Waals surface area (Å²) in [6, 6.07) is 7.11. The lowest BCUT2D eigenvalue weighted by Gasteiger charge is -2.41. The third-order valence-corrected chi connectivity index (χ3v) is 6.63. The Morgan fingerprint density at radius 2 is 2.00 bits per heavy atom. The van der Waals surface area contributed by atoms with Crippen LogP contribution >= 0.6 is 0 Å². The number of anilines is 1. The molecule has 3 amide bonds. The van der Waals surface area contributed by atoms with Crippen LogP contribution in [-0.2, 0) is 16.6 Å². The molecule has 1 atom stereocenters. The Kier molecular flexibility index (Phi) is 8.04. The van der Waals surface area contributed by atoms with E-state index in [9.17, 15) is 14.4 Å². The molecule has 1 aromatic carbocycles. The van der Waals surface area contributed by atoms with Gasteiger partial charge in [0.05, 0.1) is 28.9 Å². The Hall–Kier alpha value is -3.66. The van der Waals surface area contributed by atoms with E-state index in [1.807, 2.05) is 37.1 Å². The number of hydrogen-bond acceptors (Lipinski definition) is 6. The van der Waals surface area contributed by atoms with Crippen molar-refractivity contribution in [1.82, 2.24) is 25.3 Å². The first-order chi connectivity index (χ1) is 17.4. The highest BCUT2D eigenvalue weighted by Crippen LogP contribution is 2.34. The molecule has 1 spiro atoms. The van der Waals surface area contributed by atoms with Crippen molar-refractivity contribution in [3.05, 3.63) is 53.9 Å². The molecular formula is C26H34N6O4. The quantitative estimate of drug-likeness (QED) is 0.559. The minimum Gasteiger partial charge on any atom is -0.489 e. The second-order valence-electron chi connectivity index (χ2n) is 9.44. The highest BCUT2D eigenvalue weighted by molar-refractivity contribution is 5.97. The summed E-state index contributed by atoms with van der Waals surface area (Å²) >= 11 is 0. The lowest BCUT2D eigenvalue weighted by molar-refractivity contribution is -0.135. The molecule has 0 radical (unpaired) electrons. The first-order valence-electron chi connectivity index (χ1n) is 12.3. The summed E-state index contributed by atoms with van der Waals surface area (Å²) in [5.41, 5.74) is 1.25. The molecule has 192 valence electrons. The van der Waals surface area contributed by atoms with Crippen molar-refractivity contribution in [1.29, 1.82) is 0 Å². The number of rotatable bonds is 3. The molecule has 1 fully saturated rings. The zero-order valence-electron chi connectivity index (χ0n) is 20.9. The average Bonchev–Trinajstić information content (AvgIpc) is 3.17. The number of aromatic nitrogens is 2. The topological polar surface area (TPSA) is 118 Å². The van der Waals surface area contributed by atoms with Crippen molar-refractivity contribution in [2.75, 3.05) is 44.6 Å². The number of nitrogens with zero attached hydrogens (tertiary/aromatic N) is 3. The second-order valence-corrected chi connectivity index (χ2v) is 9.44. The summed E-state index contributed by atoms with van der Waals surface area (Å²) in [5, 5.41) is 13.0. The van der Waals surface area contributed by atoms with Crippen molar-refractivity contribution >= 4 is 23.4 Å². The van der Waals surface area contributed by atoms with Crippen molar-refractivity contribution in [3.8, 4) is 5.75 Å². The third-order valence-electron chi connectivity index (χ3n) is 6.63. The number of carbonyl (C=O) groups excluding carboxylic acids is 3. The molecule has 0 bridgehead atoms. The molecule has 2 aromatic rings. The van der Waals surface area contributed by atoms with Gasteiger partial charge in [0.25, 0.3) is 5.91 Å². The predicted octanol–water partition coefficient (Wildman–Crippen LogP) is 1.63. The van der Waals surface area contributed by atoms with E-state index in [1.54, 1.807) is 29.1 Å². The lowest BCUT2D eigenvalue weighted by atomic mass is 9.76. The fourth-order valence-electron chi connectivity index (χ4n) is 4.85. The van der Waals surface area contributed by atoms with E-state index in [2.05, 4.69) is 21.0 Å². The van der Waals surface area contributed by atoms with Crippen LogP contribution in [0.4, 0.5) is 5.69 Å². The number of fused-ring (bicyclic) bond motifs is 1. The molecule has 10 nitrogen and oxygen atoms in total. The van der Waals surface area contributed by atoms with E-state index < -0.39 is 5.41 Å². The van der Waals surface area contributed by atoms with Crippen LogP contribution in [0.25, 0.3) is 0 Å². The van der Waals surface area contributed by atoms with Gasteiger partial charge in [-0.05, 0) is 44.9 Å². The van der Waals surface area contributed by atoms with Crippen molar-refractivity contribution in [2.24, 2.45) is 12.5 Å². The Morgan fingerprint density at radius 1 is 1.19 bits per heavy atom. The number of ether oxygens (including phenoxy) is 1. The van der Waals surface area contributed by atoms with E-state index in [-0.39, 0.29) is 24.3 Å². The molecule has 10 heteroatoms. The van der Waals surface area contributed by atoms with Crippen molar-refractivity contribution in [3.63, 3.8) is 0 Å². The number of benzene rings is 1. The third kappa shape index (κ3) is 6.12. The summed E-state index contributed by atoms with van der Waals surface area (Å²) in [7, 11) is 1.81. The van der Waals surface area contributed by atoms with E-state index in [1.165, 1.54) is 0 Å². The van der Waals surface area contributed by atoms with Crippen LogP contribution in [0.5, 0.6) is 5.75 Å². The molecule has 3 N–H and O–H groups in total. The molecule has 0 saturated carbocycles. The Bertz CT molecular complexity index is 1140. The van der Waals surface area contributed by atoms with Gasteiger partial charge in [0.2, 0.25) is 11.8 Å². The number of allylic oxidation sites excluding steroid dienone is 1. The van der Waals surface area contributed by atoms with Gasteiger partial charge < -0.3 is 20.7 Å². The lowest BCUT2D eigenvalue weighted by Crippen LogP contribution is -2.53. The van der Waals surface area contributed by atoms with E-state index >= 15 is 0 Å². The zero-order chi connectivity index (χ0) is 25.5. The van der Waals surface area contributed by atoms with Gasteiger partial charge in [-0.2, -0.15) is 5.10 Å². The van der Waals surface area contributed by atoms with E-state index in [4.69, 9.17) is 4.74 Å². The Labute approximate surface area is 211 Å². The molecule has 4 rings (SSSR count). The number of carbonyl (C=O) groups is 3. The number of nitrogens with one attached hydrogen (secondary N) is 3. The minimum atomic E-state index is -0.661. The molecule has 1 saturated heterocycles. The average molecular weight is 495 g/mol. The van der Waals surface area contributed by atoms with Crippen LogP contribution in [-0.4, -0.2) is 71.7 Å². The van der Waals surface area contributed by atoms with Crippen LogP contribution in [0.1, 0.15) is 35.3 Å². The summed E-state index contributed by atoms with van der Waals surface area (Å²) < 4.78 is 7.49. The van der Waals surface area contributed by atoms with Gasteiger partial charge in [0.1, 0.15) is 12.4 Å². The maximum atomic E-state index is 13.4. The molecular weight excluding hydrogens is 460 g/mol. The standard InChI is InChI=1S/C26H34N6O4/c1-19-21(16-31(2)30-19)29-23(33)17-32-14-7-11-26(18-32)10-5-6-15-36-22-9-4-3-8-20(22)24(34)27-12-13-28-25(26)35/h3-6,8-9,16H,7,10-15,17-18H2,1-2H3,(H,27,34)(H,28,35)(H,29,33)/b6-5-. The van der Waals surface area contributed by atoms with Gasteiger partial charge in [0, 0.05) is 32.9 Å². The SMILES string of the molecule is Cc1nn(C)cc1NC(=O)CN1CCCC2(C/C=C\COc3ccccc3C(=O)NCCNC2=O)C1. The molecule has 1 unspecified atom stereocenters.